The van der Waals surface area contributed by atoms with E-state index in [0.29, 0.717) is 0 Å². The number of nitrogens with zero attached hydrogens (tertiary/aromatic N) is 1. The fourth-order valence-corrected chi connectivity index (χ4v) is 2.64. The molecule has 0 saturated heterocycles. The van der Waals surface area contributed by atoms with Crippen molar-refractivity contribution in [3.63, 3.8) is 0 Å². The summed E-state index contributed by atoms with van der Waals surface area (Å²) in [5, 5.41) is 0. The Hall–Kier alpha value is -0.510. The number of hydrogen-bond donors (Lipinski definition) is 0. The lowest BCUT2D eigenvalue weighted by molar-refractivity contribution is -0.00000377. The number of aryl methyl sites for hydroxylation is 2. The number of hydrogen-bond acceptors (Lipinski definition) is 1. The first kappa shape index (κ1) is 13.6. The van der Waals surface area contributed by atoms with Crippen LogP contribution in [0.4, 0.5) is 0 Å². The average Bonchev–Trinajstić information content (AvgIpc) is 2.34. The summed E-state index contributed by atoms with van der Waals surface area (Å²) in [6, 6.07) is 4.40. The molecule has 1 aliphatic rings. The Morgan fingerprint density at radius 3 is 2.12 bits per heavy atom. The van der Waals surface area contributed by atoms with E-state index >= 15 is 0 Å². The summed E-state index contributed by atoms with van der Waals surface area (Å²) in [6.45, 7) is 13.1. The van der Waals surface area contributed by atoms with Gasteiger partial charge in [-0.1, -0.05) is 18.7 Å². The van der Waals surface area contributed by atoms with E-state index in [4.69, 9.17) is 0 Å². The fourth-order valence-electron chi connectivity index (χ4n) is 2.64. The van der Waals surface area contributed by atoms with E-state index in [1.807, 2.05) is 0 Å². The molecule has 0 spiro atoms. The van der Waals surface area contributed by atoms with Crippen LogP contribution in [0.25, 0.3) is 5.70 Å². The second-order valence-electron chi connectivity index (χ2n) is 5.01. The van der Waals surface area contributed by atoms with Gasteiger partial charge in [0.05, 0.1) is 5.54 Å². The molecule has 1 nitrogen and oxygen atoms in total. The first-order valence-corrected chi connectivity index (χ1v) is 5.41. The Bertz CT molecular complexity index is 446. The van der Waals surface area contributed by atoms with Gasteiger partial charge in [-0.15, -0.1) is 0 Å². The van der Waals surface area contributed by atoms with Gasteiger partial charge < -0.3 is 28.9 Å². The summed E-state index contributed by atoms with van der Waals surface area (Å²) >= 11 is 0. The van der Waals surface area contributed by atoms with Gasteiger partial charge in [0.25, 0.3) is 0 Å². The van der Waals surface area contributed by atoms with Crippen LogP contribution in [0.5, 0.6) is 0 Å². The lowest BCUT2D eigenvalue weighted by Gasteiger charge is -2.31. The third kappa shape index (κ3) is 1.58. The van der Waals surface area contributed by atoms with E-state index in [-0.39, 0.29) is 29.5 Å². The van der Waals surface area contributed by atoms with E-state index in [9.17, 15) is 0 Å². The molecule has 0 bridgehead atoms. The number of fused-ring (bicyclic) bond motifs is 1. The van der Waals surface area contributed by atoms with Crippen LogP contribution < -0.4 is 24.0 Å². The first-order valence-electron chi connectivity index (χ1n) is 5.41. The molecule has 2 rings (SSSR count). The quantitative estimate of drug-likeness (QED) is 0.626. The summed E-state index contributed by atoms with van der Waals surface area (Å²) in [4.78, 5) is 2.28. The molecule has 0 atom stereocenters. The highest BCUT2D eigenvalue weighted by atomic mass is 127. The van der Waals surface area contributed by atoms with Gasteiger partial charge in [0.1, 0.15) is 0 Å². The van der Waals surface area contributed by atoms with E-state index in [0.717, 1.165) is 5.70 Å². The Labute approximate surface area is 116 Å². The summed E-state index contributed by atoms with van der Waals surface area (Å²) in [7, 11) is 2.13. The van der Waals surface area contributed by atoms with E-state index in [1.165, 1.54) is 22.3 Å². The molecule has 2 heteroatoms. The molecule has 1 aromatic rings. The van der Waals surface area contributed by atoms with Crippen molar-refractivity contribution < 1.29 is 24.0 Å². The molecule has 0 N–H and O–H groups in total. The van der Waals surface area contributed by atoms with Crippen molar-refractivity contribution in [2.75, 3.05) is 7.05 Å². The third-order valence-electron chi connectivity index (χ3n) is 3.77. The highest BCUT2D eigenvalue weighted by Gasteiger charge is 2.38. The maximum absolute atomic E-state index is 4.20. The van der Waals surface area contributed by atoms with Gasteiger partial charge in [-0.3, -0.25) is 0 Å². The summed E-state index contributed by atoms with van der Waals surface area (Å²) < 4.78 is 0. The van der Waals surface area contributed by atoms with Crippen molar-refractivity contribution in [3.8, 4) is 0 Å². The molecule has 0 saturated carbocycles. The molecule has 0 amide bonds. The van der Waals surface area contributed by atoms with Crippen molar-refractivity contribution in [2.24, 2.45) is 0 Å². The Balaban J connectivity index is 0.00000128. The van der Waals surface area contributed by atoms with Gasteiger partial charge in [0.2, 0.25) is 0 Å². The molecule has 1 aromatic carbocycles. The normalized spacial score (nSPS) is 17.1. The molecule has 0 unspecified atom stereocenters. The average molecular weight is 328 g/mol. The minimum atomic E-state index is 0. The van der Waals surface area contributed by atoms with E-state index < -0.39 is 0 Å². The fraction of sp³-hybridized carbons (Fsp3) is 0.429. The number of benzene rings is 1. The van der Waals surface area contributed by atoms with Gasteiger partial charge >= 0.3 is 0 Å². The minimum Gasteiger partial charge on any atom is -1.00 e. The van der Waals surface area contributed by atoms with Crippen molar-refractivity contribution in [2.45, 2.75) is 33.2 Å². The molecule has 0 aliphatic carbocycles. The molecule has 1 aliphatic heterocycles. The van der Waals surface area contributed by atoms with Crippen LogP contribution in [-0.2, 0) is 5.54 Å². The van der Waals surface area contributed by atoms with Crippen molar-refractivity contribution >= 4 is 5.70 Å². The second-order valence-corrected chi connectivity index (χ2v) is 5.01. The largest absolute Gasteiger partial charge is 1.00 e. The van der Waals surface area contributed by atoms with Crippen LogP contribution in [0.15, 0.2) is 18.7 Å². The maximum atomic E-state index is 4.20. The molecule has 0 radical (unpaired) electrons. The number of halogens is 1. The van der Waals surface area contributed by atoms with Gasteiger partial charge in [-0.2, -0.15) is 0 Å². The highest BCUT2D eigenvalue weighted by molar-refractivity contribution is 5.75. The van der Waals surface area contributed by atoms with Crippen molar-refractivity contribution in [3.05, 3.63) is 41.0 Å². The van der Waals surface area contributed by atoms with Crippen LogP contribution >= 0.6 is 0 Å². The molecule has 88 valence electrons. The predicted octanol–water partition coefficient (Wildman–Crippen LogP) is 0.459. The highest BCUT2D eigenvalue weighted by Crippen LogP contribution is 2.46. The van der Waals surface area contributed by atoms with Crippen LogP contribution in [0, 0.1) is 13.8 Å². The lowest BCUT2D eigenvalue weighted by atomic mass is 9.88. The lowest BCUT2D eigenvalue weighted by Crippen LogP contribution is -3.00. The summed E-state index contributed by atoms with van der Waals surface area (Å²) in [5.41, 5.74) is 6.71. The maximum Gasteiger partial charge on any atom is 0.0603 e. The smallest absolute Gasteiger partial charge is 0.0603 e. The SMILES string of the molecule is C=C1c2c(C)ccc(C)c2C(C)(C)N1C.[I-]. The van der Waals surface area contributed by atoms with Crippen molar-refractivity contribution in [1.82, 2.24) is 4.90 Å². The predicted molar refractivity (Wildman–Crippen MR) is 65.7 cm³/mol. The molecule has 0 fully saturated rings. The van der Waals surface area contributed by atoms with Gasteiger partial charge in [-0.25, -0.2) is 0 Å². The molecule has 0 aromatic heterocycles. The van der Waals surface area contributed by atoms with Crippen LogP contribution in [0.2, 0.25) is 0 Å². The van der Waals surface area contributed by atoms with Gasteiger partial charge in [-0.05, 0) is 44.4 Å². The molecular weight excluding hydrogens is 309 g/mol. The minimum absolute atomic E-state index is 0. The zero-order valence-corrected chi connectivity index (χ0v) is 12.8. The zero-order chi connectivity index (χ0) is 11.4. The topological polar surface area (TPSA) is 3.24 Å². The van der Waals surface area contributed by atoms with Gasteiger partial charge in [0.15, 0.2) is 0 Å². The molecule has 16 heavy (non-hydrogen) atoms. The summed E-state index contributed by atoms with van der Waals surface area (Å²) in [6.07, 6.45) is 0. The van der Waals surface area contributed by atoms with Crippen LogP contribution in [-0.4, -0.2) is 11.9 Å². The molecular formula is C14H19IN-. The van der Waals surface area contributed by atoms with Crippen molar-refractivity contribution in [1.29, 1.82) is 0 Å². The van der Waals surface area contributed by atoms with Crippen LogP contribution in [0.3, 0.4) is 0 Å². The van der Waals surface area contributed by atoms with E-state index in [1.54, 1.807) is 0 Å². The van der Waals surface area contributed by atoms with Gasteiger partial charge in [0, 0.05) is 18.3 Å². The Kier molecular flexibility index (Phi) is 3.44. The van der Waals surface area contributed by atoms with Crippen LogP contribution in [0.1, 0.15) is 36.1 Å². The standard InChI is InChI=1S/C14H19N.HI/c1-9-7-8-10(2)13-12(9)11(3)15(6)14(13,4)5;/h7-8H,3H2,1-2,4-6H3;1H/p-1. The Morgan fingerprint density at radius 1 is 1.12 bits per heavy atom. The summed E-state index contributed by atoms with van der Waals surface area (Å²) in [5.74, 6) is 0. The van der Waals surface area contributed by atoms with E-state index in [2.05, 4.69) is 58.4 Å². The Morgan fingerprint density at radius 2 is 1.62 bits per heavy atom. The third-order valence-corrected chi connectivity index (χ3v) is 3.77. The monoisotopic (exact) mass is 328 g/mol. The first-order chi connectivity index (χ1) is 6.87. The number of rotatable bonds is 0. The molecule has 1 heterocycles. The zero-order valence-electron chi connectivity index (χ0n) is 10.7. The second kappa shape index (κ2) is 4.06.